The fourth-order valence-electron chi connectivity index (χ4n) is 1.18. The molecule has 0 saturated heterocycles. The number of hydrogen-bond donors (Lipinski definition) is 1. The van der Waals surface area contributed by atoms with Crippen molar-refractivity contribution in [3.63, 3.8) is 0 Å². The summed E-state index contributed by atoms with van der Waals surface area (Å²) >= 11 is 0. The highest BCUT2D eigenvalue weighted by Gasteiger charge is 2.20. The van der Waals surface area contributed by atoms with E-state index in [2.05, 4.69) is 49.2 Å². The van der Waals surface area contributed by atoms with Crippen LogP contribution in [0.3, 0.4) is 0 Å². The summed E-state index contributed by atoms with van der Waals surface area (Å²) in [5, 5.41) is 2.57. The second-order valence-electron chi connectivity index (χ2n) is 4.98. The summed E-state index contributed by atoms with van der Waals surface area (Å²) in [6.45, 7) is 17.6. The molecule has 0 fully saturated rings. The molecule has 0 aliphatic carbocycles. The van der Waals surface area contributed by atoms with Crippen LogP contribution in [0.25, 0.3) is 0 Å². The lowest BCUT2D eigenvalue weighted by Crippen LogP contribution is -2.18. The van der Waals surface area contributed by atoms with E-state index in [9.17, 15) is 4.79 Å². The molecular formula is C14H34NOP. The number of rotatable bonds is 4. The van der Waals surface area contributed by atoms with E-state index < -0.39 is 0 Å². The van der Waals surface area contributed by atoms with Crippen LogP contribution in [0.15, 0.2) is 0 Å². The Morgan fingerprint density at radius 2 is 1.65 bits per heavy atom. The maximum absolute atomic E-state index is 9.93. The van der Waals surface area contributed by atoms with Crippen molar-refractivity contribution in [2.45, 2.75) is 61.3 Å². The van der Waals surface area contributed by atoms with Gasteiger partial charge in [0.1, 0.15) is 0 Å². The van der Waals surface area contributed by atoms with Crippen LogP contribution in [0.4, 0.5) is 0 Å². The van der Waals surface area contributed by atoms with Crippen LogP contribution in [0, 0.1) is 11.3 Å². The third-order valence-corrected chi connectivity index (χ3v) is 2.88. The van der Waals surface area contributed by atoms with Crippen molar-refractivity contribution in [1.82, 2.24) is 5.32 Å². The zero-order valence-electron chi connectivity index (χ0n) is 13.2. The summed E-state index contributed by atoms with van der Waals surface area (Å²) in [6.07, 6.45) is 2.66. The maximum Gasteiger partial charge on any atom is 0.216 e. The molecule has 0 heterocycles. The van der Waals surface area contributed by atoms with E-state index in [0.717, 1.165) is 12.5 Å². The molecule has 0 rings (SSSR count). The molecule has 3 heteroatoms. The SMILES string of the molecule is CCCC(C)(C)C(C)C.CCNC(C)=O.CP. The number of carbonyl (C=O) groups excluding carboxylic acids is 1. The van der Waals surface area contributed by atoms with E-state index >= 15 is 0 Å². The van der Waals surface area contributed by atoms with Gasteiger partial charge in [0.05, 0.1) is 0 Å². The molecule has 0 radical (unpaired) electrons. The van der Waals surface area contributed by atoms with Gasteiger partial charge in [0.2, 0.25) is 5.91 Å². The summed E-state index contributed by atoms with van der Waals surface area (Å²) in [6, 6.07) is 0. The summed E-state index contributed by atoms with van der Waals surface area (Å²) in [4.78, 5) is 9.93. The zero-order chi connectivity index (χ0) is 14.5. The van der Waals surface area contributed by atoms with Gasteiger partial charge in [-0.05, 0) is 24.7 Å². The largest absolute Gasteiger partial charge is 0.357 e. The Hall–Kier alpha value is -0.100. The molecule has 0 aromatic heterocycles. The Bertz CT molecular complexity index is 168. The van der Waals surface area contributed by atoms with Crippen molar-refractivity contribution in [3.05, 3.63) is 0 Å². The van der Waals surface area contributed by atoms with Gasteiger partial charge >= 0.3 is 0 Å². The van der Waals surface area contributed by atoms with Crippen LogP contribution in [-0.4, -0.2) is 19.1 Å². The molecule has 0 aliphatic rings. The Morgan fingerprint density at radius 3 is 1.71 bits per heavy atom. The van der Waals surface area contributed by atoms with Gasteiger partial charge in [0.15, 0.2) is 0 Å². The lowest BCUT2D eigenvalue weighted by Gasteiger charge is -2.28. The molecule has 0 aliphatic heterocycles. The van der Waals surface area contributed by atoms with E-state index in [1.807, 2.05) is 13.6 Å². The molecule has 1 unspecified atom stereocenters. The number of nitrogens with one attached hydrogen (secondary N) is 1. The fourth-order valence-corrected chi connectivity index (χ4v) is 1.18. The Balaban J connectivity index is -0.000000213. The van der Waals surface area contributed by atoms with Gasteiger partial charge in [-0.3, -0.25) is 4.79 Å². The van der Waals surface area contributed by atoms with E-state index in [1.54, 1.807) is 0 Å². The molecule has 106 valence electrons. The van der Waals surface area contributed by atoms with Crippen LogP contribution in [-0.2, 0) is 4.79 Å². The molecule has 1 atom stereocenters. The molecule has 1 amide bonds. The van der Waals surface area contributed by atoms with Crippen molar-refractivity contribution < 1.29 is 4.79 Å². The highest BCUT2D eigenvalue weighted by atomic mass is 31.0. The summed E-state index contributed by atoms with van der Waals surface area (Å²) in [5.41, 5.74) is 0.550. The molecular weight excluding hydrogens is 229 g/mol. The second kappa shape index (κ2) is 14.0. The van der Waals surface area contributed by atoms with Crippen LogP contribution in [0.1, 0.15) is 61.3 Å². The molecule has 0 aromatic rings. The topological polar surface area (TPSA) is 29.1 Å². The molecule has 0 bridgehead atoms. The predicted octanol–water partition coefficient (Wildman–Crippen LogP) is 4.10. The standard InChI is InChI=1S/C9H20.C4H9NO.CH5P/c1-6-7-9(4,5)8(2)3;1-3-5-4(2)6;1-2/h8H,6-7H2,1-5H3;3H2,1-2H3,(H,5,6);2H2,1H3. The first-order valence-electron chi connectivity index (χ1n) is 6.60. The average Bonchev–Trinajstić information content (AvgIpc) is 2.21. The van der Waals surface area contributed by atoms with Crippen molar-refractivity contribution in [3.8, 4) is 0 Å². The first-order valence-corrected chi connectivity index (χ1v) is 7.75. The monoisotopic (exact) mass is 263 g/mol. The molecule has 0 aromatic carbocycles. The maximum atomic E-state index is 9.93. The van der Waals surface area contributed by atoms with Gasteiger partial charge in [-0.15, -0.1) is 9.24 Å². The first kappa shape index (κ1) is 22.1. The average molecular weight is 263 g/mol. The van der Waals surface area contributed by atoms with Gasteiger partial charge < -0.3 is 5.32 Å². The lowest BCUT2D eigenvalue weighted by molar-refractivity contribution is -0.118. The van der Waals surface area contributed by atoms with Gasteiger partial charge in [-0.25, -0.2) is 0 Å². The molecule has 0 spiro atoms. The van der Waals surface area contributed by atoms with Crippen molar-refractivity contribution in [2.24, 2.45) is 11.3 Å². The molecule has 2 nitrogen and oxygen atoms in total. The minimum Gasteiger partial charge on any atom is -0.357 e. The smallest absolute Gasteiger partial charge is 0.216 e. The number of carbonyl (C=O) groups is 1. The summed E-state index contributed by atoms with van der Waals surface area (Å²) in [5.74, 6) is 0.856. The second-order valence-corrected chi connectivity index (χ2v) is 4.98. The van der Waals surface area contributed by atoms with E-state index in [1.165, 1.54) is 19.8 Å². The van der Waals surface area contributed by atoms with Gasteiger partial charge in [0.25, 0.3) is 0 Å². The van der Waals surface area contributed by atoms with Crippen LogP contribution in [0.5, 0.6) is 0 Å². The van der Waals surface area contributed by atoms with Crippen LogP contribution < -0.4 is 5.32 Å². The minimum atomic E-state index is 0.0394. The third-order valence-electron chi connectivity index (χ3n) is 2.88. The molecule has 17 heavy (non-hydrogen) atoms. The lowest BCUT2D eigenvalue weighted by atomic mass is 9.78. The van der Waals surface area contributed by atoms with E-state index in [-0.39, 0.29) is 5.91 Å². The van der Waals surface area contributed by atoms with Gasteiger partial charge in [-0.1, -0.05) is 47.7 Å². The Labute approximate surface area is 112 Å². The van der Waals surface area contributed by atoms with Crippen LogP contribution in [0.2, 0.25) is 0 Å². The van der Waals surface area contributed by atoms with E-state index in [4.69, 9.17) is 0 Å². The van der Waals surface area contributed by atoms with Crippen molar-refractivity contribution >= 4 is 15.1 Å². The van der Waals surface area contributed by atoms with Crippen LogP contribution >= 0.6 is 9.24 Å². The quantitative estimate of drug-likeness (QED) is 0.760. The van der Waals surface area contributed by atoms with E-state index in [0.29, 0.717) is 5.41 Å². The minimum absolute atomic E-state index is 0.0394. The van der Waals surface area contributed by atoms with Gasteiger partial charge in [-0.2, -0.15) is 0 Å². The number of hydrogen-bond acceptors (Lipinski definition) is 1. The van der Waals surface area contributed by atoms with Crippen molar-refractivity contribution in [2.75, 3.05) is 13.2 Å². The molecule has 1 N–H and O–H groups in total. The Kier molecular flexibility index (Phi) is 18.2. The first-order chi connectivity index (χ1) is 7.77. The third kappa shape index (κ3) is 18.5. The predicted molar refractivity (Wildman–Crippen MR) is 83.5 cm³/mol. The Morgan fingerprint density at radius 1 is 1.24 bits per heavy atom. The molecule has 0 saturated carbocycles. The fraction of sp³-hybridized carbons (Fsp3) is 0.929. The zero-order valence-corrected chi connectivity index (χ0v) is 14.3. The highest BCUT2D eigenvalue weighted by molar-refractivity contribution is 7.15. The normalized spacial score (nSPS) is 9.76. The summed E-state index contributed by atoms with van der Waals surface area (Å²) in [7, 11) is 2.42. The number of amides is 1. The highest BCUT2D eigenvalue weighted by Crippen LogP contribution is 2.30. The van der Waals surface area contributed by atoms with Crippen molar-refractivity contribution in [1.29, 1.82) is 0 Å². The summed E-state index contributed by atoms with van der Waals surface area (Å²) < 4.78 is 0. The van der Waals surface area contributed by atoms with Gasteiger partial charge in [0, 0.05) is 13.5 Å².